The Balaban J connectivity index is 1.90. The molecule has 0 unspecified atom stereocenters. The van der Waals surface area contributed by atoms with Crippen molar-refractivity contribution in [2.45, 2.75) is 32.4 Å². The van der Waals surface area contributed by atoms with E-state index in [1.54, 1.807) is 16.7 Å². The summed E-state index contributed by atoms with van der Waals surface area (Å²) in [6.45, 7) is 1.90. The molecule has 2 aromatic carbocycles. The summed E-state index contributed by atoms with van der Waals surface area (Å²) in [6, 6.07) is 5.92. The Kier molecular flexibility index (Phi) is 4.16. The first-order valence-corrected chi connectivity index (χ1v) is 10.2. The van der Waals surface area contributed by atoms with Gasteiger partial charge in [0.05, 0.1) is 0 Å². The molecule has 1 fully saturated rings. The first kappa shape index (κ1) is 18.5. The average molecular weight is 455 g/mol. The van der Waals surface area contributed by atoms with E-state index in [9.17, 15) is 13.6 Å². The molecule has 4 aromatic rings. The van der Waals surface area contributed by atoms with Gasteiger partial charge < -0.3 is 5.73 Å². The number of benzene rings is 2. The molecule has 1 saturated carbocycles. The monoisotopic (exact) mass is 455 g/mol. The van der Waals surface area contributed by atoms with E-state index in [-0.39, 0.29) is 33.6 Å². The molecule has 5 nitrogen and oxygen atoms in total. The van der Waals surface area contributed by atoms with Crippen LogP contribution < -0.4 is 15.6 Å². The van der Waals surface area contributed by atoms with Crippen LogP contribution in [-0.2, 0) is 6.54 Å². The topological polar surface area (TPSA) is 74.1 Å². The van der Waals surface area contributed by atoms with Gasteiger partial charge in [0, 0.05) is 0 Å². The van der Waals surface area contributed by atoms with Crippen molar-refractivity contribution in [2.75, 3.05) is 0 Å². The van der Waals surface area contributed by atoms with Crippen LogP contribution in [0.25, 0.3) is 33.1 Å². The number of nitrogens with two attached hydrogens (primary N) is 1. The SMILES string of the molecule is Cc1c(-c2cc(F)c([As])cc2F)ccc2c3oc(CN)nc3c(=O)n(C3CC3)c12. The standard InChI is InChI=1S/C21H16AsF2N3O2/c1-9-11(13-6-16(24)14(22)7-15(13)23)4-5-12-19(9)27(10-2-3-10)21(28)18-20(12)29-17(8-25)26-18/h4-7,10H,2-3,8,25H2,1H3. The molecular weight excluding hydrogens is 439 g/mol. The third-order valence-electron chi connectivity index (χ3n) is 5.42. The number of halogens is 2. The van der Waals surface area contributed by atoms with E-state index in [0.29, 0.717) is 33.5 Å². The minimum atomic E-state index is -0.518. The summed E-state index contributed by atoms with van der Waals surface area (Å²) in [7, 11) is 0. The van der Waals surface area contributed by atoms with Crippen molar-refractivity contribution in [2.24, 2.45) is 5.73 Å². The molecule has 8 heteroatoms. The second kappa shape index (κ2) is 6.51. The van der Waals surface area contributed by atoms with Gasteiger partial charge in [-0.3, -0.25) is 0 Å². The van der Waals surface area contributed by atoms with Crippen molar-refractivity contribution in [1.29, 1.82) is 0 Å². The van der Waals surface area contributed by atoms with Crippen molar-refractivity contribution in [3.05, 3.63) is 57.7 Å². The van der Waals surface area contributed by atoms with E-state index in [4.69, 9.17) is 10.2 Å². The number of fused-ring (bicyclic) bond motifs is 3. The Hall–Kier alpha value is -2.50. The van der Waals surface area contributed by atoms with Gasteiger partial charge in [0.2, 0.25) is 0 Å². The van der Waals surface area contributed by atoms with Crippen LogP contribution in [0.5, 0.6) is 0 Å². The maximum absolute atomic E-state index is 14.7. The fourth-order valence-corrected chi connectivity index (χ4v) is 4.28. The van der Waals surface area contributed by atoms with Gasteiger partial charge in [-0.2, -0.15) is 0 Å². The van der Waals surface area contributed by atoms with Gasteiger partial charge in [-0.05, 0) is 0 Å². The molecule has 0 bridgehead atoms. The summed E-state index contributed by atoms with van der Waals surface area (Å²) in [6.07, 6.45) is 1.77. The van der Waals surface area contributed by atoms with Crippen molar-refractivity contribution in [3.63, 3.8) is 0 Å². The Morgan fingerprint density at radius 3 is 2.69 bits per heavy atom. The second-order valence-electron chi connectivity index (χ2n) is 7.31. The van der Waals surface area contributed by atoms with E-state index in [0.717, 1.165) is 18.9 Å². The van der Waals surface area contributed by atoms with E-state index < -0.39 is 11.6 Å². The first-order valence-electron chi connectivity index (χ1n) is 9.26. The molecule has 0 saturated heterocycles. The molecule has 0 atom stereocenters. The van der Waals surface area contributed by atoms with Crippen molar-refractivity contribution in [3.8, 4) is 11.1 Å². The van der Waals surface area contributed by atoms with E-state index in [1.165, 1.54) is 6.07 Å². The molecule has 2 aromatic heterocycles. The Morgan fingerprint density at radius 1 is 1.24 bits per heavy atom. The number of rotatable bonds is 3. The Bertz CT molecular complexity index is 1370. The molecule has 146 valence electrons. The summed E-state index contributed by atoms with van der Waals surface area (Å²) in [5.74, 6) is -0.729. The number of nitrogens with zero attached hydrogens (tertiary/aromatic N) is 2. The number of hydrogen-bond acceptors (Lipinski definition) is 4. The van der Waals surface area contributed by atoms with Gasteiger partial charge in [-0.15, -0.1) is 0 Å². The van der Waals surface area contributed by atoms with Crippen LogP contribution >= 0.6 is 0 Å². The van der Waals surface area contributed by atoms with Gasteiger partial charge in [0.1, 0.15) is 0 Å². The van der Waals surface area contributed by atoms with Gasteiger partial charge in [0.25, 0.3) is 0 Å². The third-order valence-corrected chi connectivity index (χ3v) is 6.14. The fourth-order valence-electron chi connectivity index (χ4n) is 3.90. The number of aryl methyl sites for hydroxylation is 1. The number of pyridine rings is 1. The van der Waals surface area contributed by atoms with E-state index in [1.807, 2.05) is 23.8 Å². The Labute approximate surface area is 173 Å². The van der Waals surface area contributed by atoms with Crippen LogP contribution in [0.4, 0.5) is 8.78 Å². The Morgan fingerprint density at radius 2 is 2.00 bits per heavy atom. The predicted molar refractivity (Wildman–Crippen MR) is 107 cm³/mol. The first-order chi connectivity index (χ1) is 13.9. The van der Waals surface area contributed by atoms with Crippen LogP contribution in [0, 0.1) is 18.6 Å². The minimum absolute atomic E-state index is 0.0678. The summed E-state index contributed by atoms with van der Waals surface area (Å²) in [5.41, 5.74) is 8.09. The second-order valence-corrected chi connectivity index (χ2v) is 8.32. The maximum atomic E-state index is 14.7. The summed E-state index contributed by atoms with van der Waals surface area (Å²) in [5, 5.41) is 0.713. The molecule has 1 aliphatic rings. The fraction of sp³-hybridized carbons (Fsp3) is 0.238. The molecule has 0 aliphatic heterocycles. The normalized spacial score (nSPS) is 14.2. The van der Waals surface area contributed by atoms with Crippen LogP contribution in [0.1, 0.15) is 30.3 Å². The summed E-state index contributed by atoms with van der Waals surface area (Å²) in [4.78, 5) is 17.4. The zero-order chi connectivity index (χ0) is 20.4. The average Bonchev–Trinajstić information content (AvgIpc) is 3.43. The van der Waals surface area contributed by atoms with Crippen LogP contribution in [0.15, 0.2) is 33.5 Å². The number of oxazole rings is 1. The van der Waals surface area contributed by atoms with Crippen LogP contribution in [0.2, 0.25) is 0 Å². The summed E-state index contributed by atoms with van der Waals surface area (Å²) < 4.78 is 36.5. The number of hydrogen-bond donors (Lipinski definition) is 1. The van der Waals surface area contributed by atoms with Crippen molar-refractivity contribution < 1.29 is 13.2 Å². The van der Waals surface area contributed by atoms with Crippen LogP contribution in [0.3, 0.4) is 0 Å². The van der Waals surface area contributed by atoms with Crippen molar-refractivity contribution >= 4 is 43.2 Å². The molecule has 2 heterocycles. The zero-order valence-corrected chi connectivity index (χ0v) is 17.4. The van der Waals surface area contributed by atoms with Gasteiger partial charge >= 0.3 is 167 Å². The van der Waals surface area contributed by atoms with Crippen molar-refractivity contribution in [1.82, 2.24) is 9.55 Å². The van der Waals surface area contributed by atoms with Gasteiger partial charge in [-0.1, -0.05) is 0 Å². The zero-order valence-electron chi connectivity index (χ0n) is 15.5. The predicted octanol–water partition coefficient (Wildman–Crippen LogP) is 2.98. The van der Waals surface area contributed by atoms with E-state index in [2.05, 4.69) is 4.98 Å². The van der Waals surface area contributed by atoms with E-state index >= 15 is 0 Å². The molecule has 1 aliphatic carbocycles. The number of aromatic nitrogens is 2. The molecular formula is C21H16AsF2N3O2. The third kappa shape index (κ3) is 2.75. The quantitative estimate of drug-likeness (QED) is 0.483. The summed E-state index contributed by atoms with van der Waals surface area (Å²) >= 11 is 2.02. The van der Waals surface area contributed by atoms with Crippen LogP contribution in [-0.4, -0.2) is 26.4 Å². The molecule has 0 spiro atoms. The molecule has 2 N–H and O–H groups in total. The molecule has 2 radical (unpaired) electrons. The molecule has 0 amide bonds. The van der Waals surface area contributed by atoms with Gasteiger partial charge in [0.15, 0.2) is 0 Å². The molecule has 5 rings (SSSR count). The van der Waals surface area contributed by atoms with Gasteiger partial charge in [-0.25, -0.2) is 0 Å². The molecule has 29 heavy (non-hydrogen) atoms.